The van der Waals surface area contributed by atoms with Crippen molar-refractivity contribution in [2.45, 2.75) is 50.4 Å². The van der Waals surface area contributed by atoms with Gasteiger partial charge in [-0.15, -0.1) is 0 Å². The van der Waals surface area contributed by atoms with Crippen LogP contribution in [-0.2, 0) is 16.6 Å². The maximum Gasteiger partial charge on any atom is 0.232 e. The lowest BCUT2D eigenvalue weighted by molar-refractivity contribution is -0.118. The maximum atomic E-state index is 13.4. The smallest absolute Gasteiger partial charge is 0.232 e. The summed E-state index contributed by atoms with van der Waals surface area (Å²) >= 11 is 0. The Bertz CT molecular complexity index is 922. The minimum absolute atomic E-state index is 0.0406. The molecule has 0 unspecified atom stereocenters. The second-order valence-corrected chi connectivity index (χ2v) is 8.22. The topological polar surface area (TPSA) is 46.1 Å². The quantitative estimate of drug-likeness (QED) is 0.538. The SMILES string of the molecule is O=C(CCc1ccccc1)N(CC1(c2ccccc2)CCCCC1)c1ncccn1. The normalized spacial score (nSPS) is 15.5. The summed E-state index contributed by atoms with van der Waals surface area (Å²) in [5.74, 6) is 0.599. The van der Waals surface area contributed by atoms with Gasteiger partial charge in [0.2, 0.25) is 11.9 Å². The van der Waals surface area contributed by atoms with E-state index < -0.39 is 0 Å². The number of benzene rings is 2. The molecule has 0 spiro atoms. The van der Waals surface area contributed by atoms with Crippen molar-refractivity contribution in [1.29, 1.82) is 0 Å². The zero-order chi connectivity index (χ0) is 20.7. The molecule has 1 amide bonds. The molecule has 1 saturated carbocycles. The summed E-state index contributed by atoms with van der Waals surface area (Å²) < 4.78 is 0. The highest BCUT2D eigenvalue weighted by molar-refractivity contribution is 5.92. The number of aryl methyl sites for hydroxylation is 1. The molecule has 0 saturated heterocycles. The molecule has 4 nitrogen and oxygen atoms in total. The lowest BCUT2D eigenvalue weighted by atomic mass is 9.69. The molecular weight excluding hydrogens is 370 g/mol. The number of hydrogen-bond acceptors (Lipinski definition) is 3. The van der Waals surface area contributed by atoms with Crippen LogP contribution in [0.5, 0.6) is 0 Å². The van der Waals surface area contributed by atoms with Crippen molar-refractivity contribution in [3.63, 3.8) is 0 Å². The second-order valence-electron chi connectivity index (χ2n) is 8.22. The summed E-state index contributed by atoms with van der Waals surface area (Å²) in [7, 11) is 0. The summed E-state index contributed by atoms with van der Waals surface area (Å²) in [6.07, 6.45) is 10.4. The third-order valence-corrected chi connectivity index (χ3v) is 6.22. The van der Waals surface area contributed by atoms with Gasteiger partial charge < -0.3 is 0 Å². The standard InChI is InChI=1S/C26H29N3O/c30-24(16-15-22-11-4-1-5-12-22)29(25-27-19-10-20-28-25)21-26(17-8-3-9-18-26)23-13-6-2-7-14-23/h1-2,4-7,10-14,19-20H,3,8-9,15-18,21H2. The lowest BCUT2D eigenvalue weighted by Gasteiger charge is -2.41. The summed E-state index contributed by atoms with van der Waals surface area (Å²) in [6.45, 7) is 0.634. The average Bonchev–Trinajstić information content (AvgIpc) is 2.83. The Kier molecular flexibility index (Phi) is 6.53. The second kappa shape index (κ2) is 9.66. The fourth-order valence-corrected chi connectivity index (χ4v) is 4.59. The predicted molar refractivity (Wildman–Crippen MR) is 120 cm³/mol. The van der Waals surface area contributed by atoms with Crippen molar-refractivity contribution in [2.24, 2.45) is 0 Å². The summed E-state index contributed by atoms with van der Waals surface area (Å²) in [6, 6.07) is 22.7. The Balaban J connectivity index is 1.61. The highest BCUT2D eigenvalue weighted by atomic mass is 16.2. The van der Waals surface area contributed by atoms with E-state index in [4.69, 9.17) is 0 Å². The minimum Gasteiger partial charge on any atom is -0.280 e. The molecule has 1 fully saturated rings. The van der Waals surface area contributed by atoms with Gasteiger partial charge in [-0.3, -0.25) is 9.69 Å². The number of anilines is 1. The third-order valence-electron chi connectivity index (χ3n) is 6.22. The molecule has 4 heteroatoms. The fraction of sp³-hybridized carbons (Fsp3) is 0.346. The minimum atomic E-state index is -0.0406. The van der Waals surface area contributed by atoms with E-state index in [2.05, 4.69) is 52.4 Å². The van der Waals surface area contributed by atoms with E-state index in [1.54, 1.807) is 18.5 Å². The van der Waals surface area contributed by atoms with Crippen molar-refractivity contribution in [3.05, 3.63) is 90.3 Å². The molecule has 1 heterocycles. The van der Waals surface area contributed by atoms with Gasteiger partial charge in [-0.05, 0) is 36.5 Å². The first-order valence-corrected chi connectivity index (χ1v) is 10.9. The van der Waals surface area contributed by atoms with Crippen molar-refractivity contribution in [3.8, 4) is 0 Å². The Morgan fingerprint density at radius 2 is 1.47 bits per heavy atom. The first kappa shape index (κ1) is 20.3. The fourth-order valence-electron chi connectivity index (χ4n) is 4.59. The zero-order valence-corrected chi connectivity index (χ0v) is 17.4. The van der Waals surface area contributed by atoms with Crippen LogP contribution in [0.3, 0.4) is 0 Å². The van der Waals surface area contributed by atoms with Gasteiger partial charge in [0.05, 0.1) is 0 Å². The van der Waals surface area contributed by atoms with Gasteiger partial charge in [-0.1, -0.05) is 79.9 Å². The molecule has 3 aromatic rings. The first-order chi connectivity index (χ1) is 14.8. The number of nitrogens with zero attached hydrogens (tertiary/aromatic N) is 3. The molecule has 0 aliphatic heterocycles. The van der Waals surface area contributed by atoms with Gasteiger partial charge in [-0.25, -0.2) is 9.97 Å². The van der Waals surface area contributed by atoms with Crippen LogP contribution in [0.4, 0.5) is 5.95 Å². The van der Waals surface area contributed by atoms with Gasteiger partial charge in [0.25, 0.3) is 0 Å². The predicted octanol–water partition coefficient (Wildman–Crippen LogP) is 5.34. The van der Waals surface area contributed by atoms with Crippen LogP contribution >= 0.6 is 0 Å². The highest BCUT2D eigenvalue weighted by Gasteiger charge is 2.37. The van der Waals surface area contributed by atoms with Gasteiger partial charge in [0, 0.05) is 30.8 Å². The molecule has 2 aromatic carbocycles. The molecule has 154 valence electrons. The lowest BCUT2D eigenvalue weighted by Crippen LogP contribution is -2.46. The summed E-state index contributed by atoms with van der Waals surface area (Å²) in [5.41, 5.74) is 2.46. The molecule has 1 aliphatic rings. The zero-order valence-electron chi connectivity index (χ0n) is 17.4. The average molecular weight is 400 g/mol. The number of hydrogen-bond donors (Lipinski definition) is 0. The Morgan fingerprint density at radius 3 is 2.13 bits per heavy atom. The molecule has 0 N–H and O–H groups in total. The molecular formula is C26H29N3O. The number of amides is 1. The summed E-state index contributed by atoms with van der Waals surface area (Å²) in [4.78, 5) is 24.1. The van der Waals surface area contributed by atoms with E-state index in [1.165, 1.54) is 30.4 Å². The van der Waals surface area contributed by atoms with E-state index in [9.17, 15) is 4.79 Å². The molecule has 30 heavy (non-hydrogen) atoms. The molecule has 1 aromatic heterocycles. The Morgan fingerprint density at radius 1 is 0.833 bits per heavy atom. The molecule has 1 aliphatic carbocycles. The van der Waals surface area contributed by atoms with Crippen LogP contribution in [0.15, 0.2) is 79.1 Å². The molecule has 0 radical (unpaired) electrons. The molecule has 0 atom stereocenters. The first-order valence-electron chi connectivity index (χ1n) is 10.9. The van der Waals surface area contributed by atoms with E-state index in [0.717, 1.165) is 19.3 Å². The van der Waals surface area contributed by atoms with Crippen molar-refractivity contribution >= 4 is 11.9 Å². The van der Waals surface area contributed by atoms with Crippen LogP contribution in [0.1, 0.15) is 49.7 Å². The van der Waals surface area contributed by atoms with Gasteiger partial charge in [0.1, 0.15) is 0 Å². The van der Waals surface area contributed by atoms with Crippen LogP contribution in [0, 0.1) is 0 Å². The van der Waals surface area contributed by atoms with Gasteiger partial charge in [-0.2, -0.15) is 0 Å². The largest absolute Gasteiger partial charge is 0.280 e. The van der Waals surface area contributed by atoms with Crippen LogP contribution in [0.25, 0.3) is 0 Å². The molecule has 4 rings (SSSR count). The maximum absolute atomic E-state index is 13.4. The van der Waals surface area contributed by atoms with Crippen molar-refractivity contribution in [2.75, 3.05) is 11.4 Å². The van der Waals surface area contributed by atoms with Gasteiger partial charge in [0.15, 0.2) is 0 Å². The van der Waals surface area contributed by atoms with Crippen LogP contribution < -0.4 is 4.90 Å². The van der Waals surface area contributed by atoms with Crippen molar-refractivity contribution < 1.29 is 4.79 Å². The number of rotatable bonds is 7. The van der Waals surface area contributed by atoms with Gasteiger partial charge >= 0.3 is 0 Å². The number of carbonyl (C=O) groups is 1. The van der Waals surface area contributed by atoms with Crippen LogP contribution in [-0.4, -0.2) is 22.4 Å². The monoisotopic (exact) mass is 399 g/mol. The van der Waals surface area contributed by atoms with E-state index in [-0.39, 0.29) is 11.3 Å². The van der Waals surface area contributed by atoms with Crippen molar-refractivity contribution in [1.82, 2.24) is 9.97 Å². The van der Waals surface area contributed by atoms with E-state index in [1.807, 2.05) is 23.1 Å². The Hall–Kier alpha value is -3.01. The number of carbonyl (C=O) groups excluding carboxylic acids is 1. The number of aromatic nitrogens is 2. The van der Waals surface area contributed by atoms with Crippen LogP contribution in [0.2, 0.25) is 0 Å². The third kappa shape index (κ3) is 4.76. The Labute approximate surface area is 179 Å². The summed E-state index contributed by atoms with van der Waals surface area (Å²) in [5, 5.41) is 0. The van der Waals surface area contributed by atoms with E-state index >= 15 is 0 Å². The highest BCUT2D eigenvalue weighted by Crippen LogP contribution is 2.40. The van der Waals surface area contributed by atoms with E-state index in [0.29, 0.717) is 18.9 Å². The molecule has 0 bridgehead atoms.